The largest absolute Gasteiger partial charge is 0.324 e. The number of nitro groups is 1. The number of nitrogens with zero attached hydrogens (tertiary/aromatic N) is 3. The molecule has 3 fully saturated rings. The van der Waals surface area contributed by atoms with E-state index in [0.29, 0.717) is 29.2 Å². The lowest BCUT2D eigenvalue weighted by atomic mass is 9.75. The third-order valence-corrected chi connectivity index (χ3v) is 7.51. The van der Waals surface area contributed by atoms with E-state index in [-0.39, 0.29) is 29.2 Å². The van der Waals surface area contributed by atoms with E-state index in [1.54, 1.807) is 18.2 Å². The number of carbonyl (C=O) groups is 3. The molecule has 0 aromatic heterocycles. The molecule has 0 aliphatic carbocycles. The third kappa shape index (κ3) is 2.19. The first-order valence-corrected chi connectivity index (χ1v) is 10.7. The monoisotopic (exact) mass is 452 g/mol. The van der Waals surface area contributed by atoms with Gasteiger partial charge in [-0.25, -0.2) is 4.90 Å². The minimum absolute atomic E-state index is 0.134. The fourth-order valence-corrected chi connectivity index (χ4v) is 6.33. The number of hydrogen-bond donors (Lipinski definition) is 1. The Balaban J connectivity index is 1.51. The van der Waals surface area contributed by atoms with Crippen molar-refractivity contribution in [1.82, 2.24) is 4.90 Å². The van der Waals surface area contributed by atoms with Crippen molar-refractivity contribution in [3.8, 4) is 0 Å². The minimum Gasteiger partial charge on any atom is -0.324 e. The van der Waals surface area contributed by atoms with E-state index in [4.69, 9.17) is 11.6 Å². The summed E-state index contributed by atoms with van der Waals surface area (Å²) in [4.78, 5) is 54.4. The average Bonchev–Trinajstić information content (AvgIpc) is 3.47. The molecule has 3 amide bonds. The topological polar surface area (TPSA) is 113 Å². The van der Waals surface area contributed by atoms with Gasteiger partial charge in [-0.3, -0.25) is 29.4 Å². The molecule has 162 valence electrons. The highest BCUT2D eigenvalue weighted by Gasteiger charge is 2.74. The number of amides is 3. The second-order valence-electron chi connectivity index (χ2n) is 8.60. The van der Waals surface area contributed by atoms with Crippen molar-refractivity contribution in [2.75, 3.05) is 16.8 Å². The van der Waals surface area contributed by atoms with Gasteiger partial charge in [0.05, 0.1) is 22.4 Å². The van der Waals surface area contributed by atoms with Crippen LogP contribution >= 0.6 is 11.6 Å². The van der Waals surface area contributed by atoms with Gasteiger partial charge in [0, 0.05) is 34.4 Å². The molecular formula is C22H17ClN4O5. The van der Waals surface area contributed by atoms with Gasteiger partial charge in [0.15, 0.2) is 0 Å². The molecule has 0 bridgehead atoms. The maximum atomic E-state index is 13.8. The Bertz CT molecular complexity index is 1230. The van der Waals surface area contributed by atoms with Crippen molar-refractivity contribution >= 4 is 46.4 Å². The minimum atomic E-state index is -1.30. The van der Waals surface area contributed by atoms with Gasteiger partial charge < -0.3 is 5.32 Å². The SMILES string of the molecule is O=C1[C@H]2[C@@H](C(=O)N1c1ccc([N+](=O)[O-])cc1)[C@]1(C(=O)Nc3ccc(Cl)cc31)N1CCC[C@@H]21. The highest BCUT2D eigenvalue weighted by atomic mass is 35.5. The van der Waals surface area contributed by atoms with Crippen LogP contribution in [-0.4, -0.2) is 40.1 Å². The molecule has 4 aliphatic heterocycles. The van der Waals surface area contributed by atoms with E-state index in [2.05, 4.69) is 5.32 Å². The zero-order chi connectivity index (χ0) is 22.4. The molecule has 0 radical (unpaired) electrons. The van der Waals surface area contributed by atoms with E-state index < -0.39 is 28.2 Å². The molecular weight excluding hydrogens is 436 g/mol. The molecule has 2 aromatic rings. The van der Waals surface area contributed by atoms with Gasteiger partial charge in [0.2, 0.25) is 17.7 Å². The Morgan fingerprint density at radius 3 is 2.56 bits per heavy atom. The van der Waals surface area contributed by atoms with Gasteiger partial charge in [0.25, 0.3) is 5.69 Å². The molecule has 4 heterocycles. The molecule has 6 rings (SSSR count). The molecule has 2 aromatic carbocycles. The second-order valence-corrected chi connectivity index (χ2v) is 9.04. The summed E-state index contributed by atoms with van der Waals surface area (Å²) in [5, 5.41) is 14.3. The number of nitro benzene ring substituents is 1. The maximum absolute atomic E-state index is 13.8. The number of halogens is 1. The predicted molar refractivity (Wildman–Crippen MR) is 114 cm³/mol. The molecule has 4 atom stereocenters. The summed E-state index contributed by atoms with van der Waals surface area (Å²) in [6, 6.07) is 10.2. The van der Waals surface area contributed by atoms with Crippen molar-refractivity contribution in [3.05, 3.63) is 63.2 Å². The lowest BCUT2D eigenvalue weighted by Crippen LogP contribution is -2.54. The first kappa shape index (κ1) is 19.4. The van der Waals surface area contributed by atoms with E-state index in [9.17, 15) is 24.5 Å². The Hall–Kier alpha value is -3.30. The van der Waals surface area contributed by atoms with Crippen molar-refractivity contribution in [1.29, 1.82) is 0 Å². The molecule has 9 nitrogen and oxygen atoms in total. The Kier molecular flexibility index (Phi) is 3.86. The van der Waals surface area contributed by atoms with Crippen LogP contribution in [0.15, 0.2) is 42.5 Å². The zero-order valence-electron chi connectivity index (χ0n) is 16.7. The van der Waals surface area contributed by atoms with Gasteiger partial charge in [-0.2, -0.15) is 0 Å². The first-order valence-electron chi connectivity index (χ1n) is 10.4. The number of carbonyl (C=O) groups excluding carboxylic acids is 3. The molecule has 4 aliphatic rings. The highest BCUT2D eigenvalue weighted by Crippen LogP contribution is 2.60. The maximum Gasteiger partial charge on any atom is 0.269 e. The number of nitrogens with one attached hydrogen (secondary N) is 1. The van der Waals surface area contributed by atoms with Crippen LogP contribution in [0.4, 0.5) is 17.1 Å². The van der Waals surface area contributed by atoms with E-state index >= 15 is 0 Å². The van der Waals surface area contributed by atoms with Crippen LogP contribution in [-0.2, 0) is 19.9 Å². The Labute approximate surface area is 187 Å². The first-order chi connectivity index (χ1) is 15.4. The normalized spacial score (nSPS) is 30.6. The predicted octanol–water partition coefficient (Wildman–Crippen LogP) is 2.68. The van der Waals surface area contributed by atoms with Crippen LogP contribution in [0, 0.1) is 22.0 Å². The fraction of sp³-hybridized carbons (Fsp3) is 0.318. The molecule has 0 unspecified atom stereocenters. The summed E-state index contributed by atoms with van der Waals surface area (Å²) in [5.41, 5.74) is 0.0596. The van der Waals surface area contributed by atoms with Gasteiger partial charge in [-0.1, -0.05) is 11.6 Å². The summed E-state index contributed by atoms with van der Waals surface area (Å²) in [5.74, 6) is -2.72. The number of rotatable bonds is 2. The molecule has 1 N–H and O–H groups in total. The molecule has 3 saturated heterocycles. The summed E-state index contributed by atoms with van der Waals surface area (Å²) in [7, 11) is 0. The quantitative estimate of drug-likeness (QED) is 0.426. The lowest BCUT2D eigenvalue weighted by molar-refractivity contribution is -0.384. The van der Waals surface area contributed by atoms with Crippen LogP contribution in [0.1, 0.15) is 18.4 Å². The van der Waals surface area contributed by atoms with Crippen molar-refractivity contribution < 1.29 is 19.3 Å². The van der Waals surface area contributed by atoms with Crippen molar-refractivity contribution in [2.24, 2.45) is 11.8 Å². The molecule has 10 heteroatoms. The van der Waals surface area contributed by atoms with Gasteiger partial charge >= 0.3 is 0 Å². The standard InChI is InChI=1S/C22H17ClN4O5/c23-11-3-8-15-14(10-11)22(21(30)24-15)18-17(16-2-1-9-25(16)22)19(28)26(20(18)29)12-4-6-13(7-5-12)27(31)32/h3-8,10,16-18H,1-2,9H2,(H,24,30)/t16-,17+,18-,22+/m0/s1. The number of benzene rings is 2. The number of fused-ring (bicyclic) bond motifs is 7. The van der Waals surface area contributed by atoms with Crippen LogP contribution in [0.3, 0.4) is 0 Å². The number of non-ortho nitro benzene ring substituents is 1. The molecule has 1 spiro atoms. The van der Waals surface area contributed by atoms with E-state index in [0.717, 1.165) is 11.3 Å². The summed E-state index contributed by atoms with van der Waals surface area (Å²) >= 11 is 6.27. The number of anilines is 2. The fourth-order valence-electron chi connectivity index (χ4n) is 6.15. The van der Waals surface area contributed by atoms with Crippen LogP contribution < -0.4 is 10.2 Å². The van der Waals surface area contributed by atoms with E-state index in [1.165, 1.54) is 24.3 Å². The van der Waals surface area contributed by atoms with Crippen LogP contribution in [0.5, 0.6) is 0 Å². The second kappa shape index (κ2) is 6.36. The smallest absolute Gasteiger partial charge is 0.269 e. The average molecular weight is 453 g/mol. The van der Waals surface area contributed by atoms with Crippen LogP contribution in [0.25, 0.3) is 0 Å². The third-order valence-electron chi connectivity index (χ3n) is 7.27. The van der Waals surface area contributed by atoms with Gasteiger partial charge in [-0.05, 0) is 49.7 Å². The number of hydrogen-bond acceptors (Lipinski definition) is 6. The van der Waals surface area contributed by atoms with Crippen molar-refractivity contribution in [2.45, 2.75) is 24.4 Å². The summed E-state index contributed by atoms with van der Waals surface area (Å²) in [6.07, 6.45) is 1.52. The summed E-state index contributed by atoms with van der Waals surface area (Å²) in [6.45, 7) is 0.606. The van der Waals surface area contributed by atoms with Crippen LogP contribution in [0.2, 0.25) is 5.02 Å². The van der Waals surface area contributed by atoms with Crippen molar-refractivity contribution in [3.63, 3.8) is 0 Å². The molecule has 32 heavy (non-hydrogen) atoms. The molecule has 0 saturated carbocycles. The van der Waals surface area contributed by atoms with E-state index in [1.807, 2.05) is 4.90 Å². The summed E-state index contributed by atoms with van der Waals surface area (Å²) < 4.78 is 0. The Morgan fingerprint density at radius 2 is 1.84 bits per heavy atom. The lowest BCUT2D eigenvalue weighted by Gasteiger charge is -2.36. The van der Waals surface area contributed by atoms with Gasteiger partial charge in [-0.15, -0.1) is 0 Å². The Morgan fingerprint density at radius 1 is 1.09 bits per heavy atom. The number of imide groups is 1. The van der Waals surface area contributed by atoms with Gasteiger partial charge in [0.1, 0.15) is 5.54 Å². The highest BCUT2D eigenvalue weighted by molar-refractivity contribution is 6.31. The zero-order valence-corrected chi connectivity index (χ0v) is 17.4.